The van der Waals surface area contributed by atoms with Crippen LogP contribution in [0.25, 0.3) is 0 Å². The molecule has 0 aliphatic rings. The standard InChI is InChI=1S/C6HF6N3O2/c7-5(8,9)1-2(6(10,11)12)14-15-3(13-1)4(16)17/h(H,16,17). The summed E-state index contributed by atoms with van der Waals surface area (Å²) >= 11 is 0. The lowest BCUT2D eigenvalue weighted by Gasteiger charge is -2.12. The van der Waals surface area contributed by atoms with Crippen molar-refractivity contribution in [3.63, 3.8) is 0 Å². The van der Waals surface area contributed by atoms with Gasteiger partial charge in [-0.2, -0.15) is 26.3 Å². The summed E-state index contributed by atoms with van der Waals surface area (Å²) in [7, 11) is 0. The van der Waals surface area contributed by atoms with Crippen LogP contribution in [0.1, 0.15) is 22.0 Å². The highest BCUT2D eigenvalue weighted by Crippen LogP contribution is 2.37. The Labute approximate surface area is 88.1 Å². The zero-order chi connectivity index (χ0) is 13.4. The van der Waals surface area contributed by atoms with Crippen molar-refractivity contribution >= 4 is 5.97 Å². The molecule has 11 heteroatoms. The Kier molecular flexibility index (Phi) is 2.95. The number of hydrogen-bond donors (Lipinski definition) is 1. The third-order valence-corrected chi connectivity index (χ3v) is 1.42. The average molecular weight is 261 g/mol. The first kappa shape index (κ1) is 13.1. The molecule has 94 valence electrons. The maximum atomic E-state index is 12.2. The van der Waals surface area contributed by atoms with E-state index < -0.39 is 35.5 Å². The maximum Gasteiger partial charge on any atom is 0.437 e. The van der Waals surface area contributed by atoms with E-state index in [2.05, 4.69) is 15.2 Å². The van der Waals surface area contributed by atoms with Crippen LogP contribution in [0.5, 0.6) is 0 Å². The predicted octanol–water partition coefficient (Wildman–Crippen LogP) is 1.61. The third kappa shape index (κ3) is 2.79. The Morgan fingerprint density at radius 2 is 1.41 bits per heavy atom. The van der Waals surface area contributed by atoms with Gasteiger partial charge in [0, 0.05) is 0 Å². The second kappa shape index (κ2) is 3.82. The Hall–Kier alpha value is -1.94. The molecule has 0 radical (unpaired) electrons. The van der Waals surface area contributed by atoms with Crippen molar-refractivity contribution in [3.05, 3.63) is 17.2 Å². The molecule has 0 fully saturated rings. The van der Waals surface area contributed by atoms with Crippen LogP contribution in [-0.2, 0) is 12.4 Å². The molecular formula is C6HF6N3O2. The van der Waals surface area contributed by atoms with Crippen molar-refractivity contribution < 1.29 is 36.2 Å². The molecule has 1 aromatic heterocycles. The lowest BCUT2D eigenvalue weighted by Crippen LogP contribution is -2.24. The normalized spacial score (nSPS) is 12.6. The van der Waals surface area contributed by atoms with Gasteiger partial charge in [-0.3, -0.25) is 0 Å². The van der Waals surface area contributed by atoms with Crippen LogP contribution in [0.3, 0.4) is 0 Å². The number of nitrogens with zero attached hydrogens (tertiary/aromatic N) is 3. The molecule has 1 heterocycles. The van der Waals surface area contributed by atoms with E-state index in [-0.39, 0.29) is 0 Å². The molecule has 0 aromatic carbocycles. The number of aromatic carboxylic acids is 1. The minimum absolute atomic E-state index is 1.47. The van der Waals surface area contributed by atoms with E-state index >= 15 is 0 Å². The molecule has 0 atom stereocenters. The SMILES string of the molecule is O=C(O)c1nnc(C(F)(F)F)c(C(F)(F)F)n1. The Morgan fingerprint density at radius 1 is 0.941 bits per heavy atom. The highest BCUT2D eigenvalue weighted by Gasteiger charge is 2.47. The van der Waals surface area contributed by atoms with Crippen LogP contribution in [0, 0.1) is 0 Å². The number of rotatable bonds is 1. The van der Waals surface area contributed by atoms with Crippen LogP contribution in [0.15, 0.2) is 0 Å². The molecular weight excluding hydrogens is 260 g/mol. The van der Waals surface area contributed by atoms with E-state index in [0.29, 0.717) is 0 Å². The van der Waals surface area contributed by atoms with Crippen LogP contribution in [-0.4, -0.2) is 26.3 Å². The molecule has 5 nitrogen and oxygen atoms in total. The minimum atomic E-state index is -5.48. The smallest absolute Gasteiger partial charge is 0.437 e. The quantitative estimate of drug-likeness (QED) is 0.777. The number of aromatic nitrogens is 3. The second-order valence-electron chi connectivity index (χ2n) is 2.63. The molecule has 0 unspecified atom stereocenters. The van der Waals surface area contributed by atoms with Crippen LogP contribution in [0.4, 0.5) is 26.3 Å². The number of carbonyl (C=O) groups is 1. The van der Waals surface area contributed by atoms with Gasteiger partial charge in [0.05, 0.1) is 0 Å². The summed E-state index contributed by atoms with van der Waals surface area (Å²) in [6.45, 7) is 0. The van der Waals surface area contributed by atoms with Gasteiger partial charge >= 0.3 is 18.3 Å². The van der Waals surface area contributed by atoms with Gasteiger partial charge in [0.1, 0.15) is 0 Å². The maximum absolute atomic E-state index is 12.2. The molecule has 0 aliphatic carbocycles. The molecule has 0 saturated heterocycles. The largest absolute Gasteiger partial charge is 0.475 e. The van der Waals surface area contributed by atoms with Gasteiger partial charge in [0.25, 0.3) is 5.82 Å². The lowest BCUT2D eigenvalue weighted by molar-refractivity contribution is -0.168. The summed E-state index contributed by atoms with van der Waals surface area (Å²) in [5.41, 5.74) is -4.81. The topological polar surface area (TPSA) is 76.0 Å². The van der Waals surface area contributed by atoms with E-state index in [1.54, 1.807) is 0 Å². The van der Waals surface area contributed by atoms with E-state index in [4.69, 9.17) is 5.11 Å². The van der Waals surface area contributed by atoms with Crippen molar-refractivity contribution in [2.24, 2.45) is 0 Å². The molecule has 0 aliphatic heterocycles. The molecule has 0 amide bonds. The van der Waals surface area contributed by atoms with Crippen molar-refractivity contribution in [2.75, 3.05) is 0 Å². The molecule has 0 spiro atoms. The highest BCUT2D eigenvalue weighted by atomic mass is 19.4. The van der Waals surface area contributed by atoms with Crippen molar-refractivity contribution in [3.8, 4) is 0 Å². The van der Waals surface area contributed by atoms with Gasteiger partial charge in [0.2, 0.25) is 0 Å². The summed E-state index contributed by atoms with van der Waals surface area (Å²) < 4.78 is 73.0. The molecule has 1 N–H and O–H groups in total. The molecule has 0 bridgehead atoms. The molecule has 1 rings (SSSR count). The predicted molar refractivity (Wildman–Crippen MR) is 36.8 cm³/mol. The summed E-state index contributed by atoms with van der Waals surface area (Å²) in [5.74, 6) is -3.48. The zero-order valence-corrected chi connectivity index (χ0v) is 7.46. The summed E-state index contributed by atoms with van der Waals surface area (Å²) in [5, 5.41) is 12.9. The van der Waals surface area contributed by atoms with Crippen molar-refractivity contribution in [2.45, 2.75) is 12.4 Å². The summed E-state index contributed by atoms with van der Waals surface area (Å²) in [6, 6.07) is 0. The van der Waals surface area contributed by atoms with Crippen LogP contribution in [0.2, 0.25) is 0 Å². The fourth-order valence-electron chi connectivity index (χ4n) is 0.805. The monoisotopic (exact) mass is 261 g/mol. The second-order valence-corrected chi connectivity index (χ2v) is 2.63. The Bertz CT molecular complexity index is 454. The fourth-order valence-corrected chi connectivity index (χ4v) is 0.805. The molecule has 0 saturated carbocycles. The average Bonchev–Trinajstić information content (AvgIpc) is 2.14. The van der Waals surface area contributed by atoms with Crippen LogP contribution < -0.4 is 0 Å². The van der Waals surface area contributed by atoms with E-state index in [1.165, 1.54) is 0 Å². The zero-order valence-electron chi connectivity index (χ0n) is 7.46. The lowest BCUT2D eigenvalue weighted by atomic mass is 10.3. The fraction of sp³-hybridized carbons (Fsp3) is 0.333. The minimum Gasteiger partial charge on any atom is -0.475 e. The van der Waals surface area contributed by atoms with Gasteiger partial charge in [-0.25, -0.2) is 9.78 Å². The van der Waals surface area contributed by atoms with Crippen molar-refractivity contribution in [1.82, 2.24) is 15.2 Å². The van der Waals surface area contributed by atoms with E-state index in [1.807, 2.05) is 0 Å². The Balaban J connectivity index is 3.49. The first-order chi connectivity index (χ1) is 7.53. The summed E-state index contributed by atoms with van der Waals surface area (Å²) in [4.78, 5) is 12.5. The number of carboxylic acids is 1. The first-order valence-corrected chi connectivity index (χ1v) is 3.66. The highest BCUT2D eigenvalue weighted by molar-refractivity contribution is 5.82. The third-order valence-electron chi connectivity index (χ3n) is 1.42. The number of carboxylic acid groups (broad SMARTS) is 1. The van der Waals surface area contributed by atoms with Crippen molar-refractivity contribution in [1.29, 1.82) is 0 Å². The van der Waals surface area contributed by atoms with E-state index in [9.17, 15) is 31.1 Å². The number of hydrogen-bond acceptors (Lipinski definition) is 4. The van der Waals surface area contributed by atoms with Gasteiger partial charge in [-0.1, -0.05) is 0 Å². The van der Waals surface area contributed by atoms with Crippen LogP contribution >= 0.6 is 0 Å². The first-order valence-electron chi connectivity index (χ1n) is 3.66. The van der Waals surface area contributed by atoms with E-state index in [0.717, 1.165) is 0 Å². The number of alkyl halides is 6. The molecule has 17 heavy (non-hydrogen) atoms. The van der Waals surface area contributed by atoms with Gasteiger partial charge in [0.15, 0.2) is 11.4 Å². The van der Waals surface area contributed by atoms with Gasteiger partial charge < -0.3 is 5.11 Å². The number of halogens is 6. The van der Waals surface area contributed by atoms with Gasteiger partial charge in [-0.05, 0) is 0 Å². The summed E-state index contributed by atoms with van der Waals surface area (Å²) in [6.07, 6.45) is -10.9. The Morgan fingerprint density at radius 3 is 1.76 bits per heavy atom. The molecule has 1 aromatic rings. The van der Waals surface area contributed by atoms with Gasteiger partial charge in [-0.15, -0.1) is 10.2 Å².